The van der Waals surface area contributed by atoms with Gasteiger partial charge in [0.2, 0.25) is 0 Å². The third kappa shape index (κ3) is 5.89. The van der Waals surface area contributed by atoms with E-state index in [-0.39, 0.29) is 0 Å². The highest BCUT2D eigenvalue weighted by Gasteiger charge is 2.19. The van der Waals surface area contributed by atoms with Gasteiger partial charge in [0.15, 0.2) is 11.5 Å². The van der Waals surface area contributed by atoms with E-state index in [0.29, 0.717) is 39.4 Å². The van der Waals surface area contributed by atoms with Crippen LogP contribution in [0.4, 0.5) is 0 Å². The van der Waals surface area contributed by atoms with E-state index in [2.05, 4.69) is 23.9 Å². The molecule has 0 N–H and O–H groups in total. The monoisotopic (exact) mass is 412 g/mol. The summed E-state index contributed by atoms with van der Waals surface area (Å²) in [6.07, 6.45) is 3.80. The molecular formula is C20H26Cl2N2O3. The van der Waals surface area contributed by atoms with Crippen molar-refractivity contribution in [2.45, 2.75) is 26.7 Å². The Labute approximate surface area is 170 Å². The second kappa shape index (κ2) is 11.2. The van der Waals surface area contributed by atoms with Gasteiger partial charge in [0, 0.05) is 12.1 Å². The van der Waals surface area contributed by atoms with Crippen molar-refractivity contribution in [3.63, 3.8) is 0 Å². The van der Waals surface area contributed by atoms with E-state index < -0.39 is 0 Å². The second-order valence-corrected chi connectivity index (χ2v) is 6.79. The van der Waals surface area contributed by atoms with Gasteiger partial charge in [-0.3, -0.25) is 4.90 Å². The van der Waals surface area contributed by atoms with Crippen LogP contribution in [0.15, 0.2) is 40.1 Å². The van der Waals surface area contributed by atoms with E-state index in [1.165, 1.54) is 0 Å². The zero-order valence-electron chi connectivity index (χ0n) is 16.0. The smallest absolute Gasteiger partial charge is 0.156 e. The molecule has 0 saturated carbocycles. The number of oxime groups is 1. The van der Waals surface area contributed by atoms with Crippen LogP contribution in [0.25, 0.3) is 0 Å². The Kier molecular flexibility index (Phi) is 8.98. The van der Waals surface area contributed by atoms with E-state index >= 15 is 0 Å². The Balaban J connectivity index is 2.19. The van der Waals surface area contributed by atoms with E-state index in [1.807, 2.05) is 0 Å². The zero-order chi connectivity index (χ0) is 19.6. The molecule has 27 heavy (non-hydrogen) atoms. The van der Waals surface area contributed by atoms with Crippen LogP contribution in [0, 0.1) is 0 Å². The van der Waals surface area contributed by atoms with Crippen LogP contribution in [0.2, 0.25) is 10.0 Å². The summed E-state index contributed by atoms with van der Waals surface area (Å²) in [5, 5.41) is 4.97. The lowest BCUT2D eigenvalue weighted by Crippen LogP contribution is -2.29. The molecule has 1 heterocycles. The molecule has 0 spiro atoms. The standard InChI is InChI=1S/C20H26Cl2N2O3/c1-4-10-24(11-5-2)12-14-27-23-20(17-7-6-13-26-17)15-8-9-16(25-3)19(22)18(15)21/h6-9,13H,4-5,10-12,14H2,1-3H3/b23-20-. The lowest BCUT2D eigenvalue weighted by atomic mass is 10.1. The van der Waals surface area contributed by atoms with Gasteiger partial charge in [-0.05, 0) is 50.2 Å². The minimum absolute atomic E-state index is 0.327. The quantitative estimate of drug-likeness (QED) is 0.278. The van der Waals surface area contributed by atoms with E-state index in [0.717, 1.165) is 32.5 Å². The minimum atomic E-state index is 0.327. The SMILES string of the molecule is CCCN(CCC)CCO/N=C(\c1ccco1)c1ccc(OC)c(Cl)c1Cl. The molecule has 1 aromatic carbocycles. The Hall–Kier alpha value is -1.69. The molecule has 0 aliphatic carbocycles. The topological polar surface area (TPSA) is 47.2 Å². The highest BCUT2D eigenvalue weighted by Crippen LogP contribution is 2.35. The van der Waals surface area contributed by atoms with Gasteiger partial charge in [-0.2, -0.15) is 0 Å². The normalized spacial score (nSPS) is 11.9. The fourth-order valence-corrected chi connectivity index (χ4v) is 3.25. The van der Waals surface area contributed by atoms with E-state index in [9.17, 15) is 0 Å². The summed E-state index contributed by atoms with van der Waals surface area (Å²) in [5.74, 6) is 1.05. The van der Waals surface area contributed by atoms with Crippen LogP contribution in [-0.4, -0.2) is 44.0 Å². The van der Waals surface area contributed by atoms with Gasteiger partial charge in [-0.25, -0.2) is 0 Å². The van der Waals surface area contributed by atoms with E-state index in [1.54, 1.807) is 37.6 Å². The van der Waals surface area contributed by atoms with Crippen LogP contribution in [0.5, 0.6) is 5.75 Å². The Morgan fingerprint density at radius 2 is 1.81 bits per heavy atom. The molecule has 1 aromatic heterocycles. The first-order valence-corrected chi connectivity index (χ1v) is 9.86. The predicted octanol–water partition coefficient (Wildman–Crippen LogP) is 5.49. The predicted molar refractivity (Wildman–Crippen MR) is 110 cm³/mol. The van der Waals surface area contributed by atoms with Gasteiger partial charge in [0.1, 0.15) is 17.4 Å². The first kappa shape index (κ1) is 21.6. The number of furan rings is 1. The fourth-order valence-electron chi connectivity index (χ4n) is 2.76. The lowest BCUT2D eigenvalue weighted by Gasteiger charge is -2.19. The Bertz CT molecular complexity index is 727. The number of halogens is 2. The van der Waals surface area contributed by atoms with Gasteiger partial charge in [0.05, 0.1) is 18.4 Å². The average molecular weight is 413 g/mol. The molecule has 2 aromatic rings. The third-order valence-corrected chi connectivity index (χ3v) is 4.88. The van der Waals surface area contributed by atoms with Crippen LogP contribution in [0.1, 0.15) is 38.0 Å². The van der Waals surface area contributed by atoms with Crippen LogP contribution < -0.4 is 4.74 Å². The summed E-state index contributed by atoms with van der Waals surface area (Å²) in [7, 11) is 1.54. The Morgan fingerprint density at radius 3 is 2.41 bits per heavy atom. The number of hydrogen-bond acceptors (Lipinski definition) is 5. The van der Waals surface area contributed by atoms with Crippen molar-refractivity contribution in [3.8, 4) is 5.75 Å². The van der Waals surface area contributed by atoms with Crippen molar-refractivity contribution in [2.24, 2.45) is 5.16 Å². The molecule has 0 radical (unpaired) electrons. The number of methoxy groups -OCH3 is 1. The summed E-state index contributed by atoms with van der Waals surface area (Å²) in [4.78, 5) is 7.96. The molecule has 0 fully saturated rings. The Morgan fingerprint density at radius 1 is 1.07 bits per heavy atom. The van der Waals surface area contributed by atoms with Crippen molar-refractivity contribution < 1.29 is 14.0 Å². The molecule has 0 bridgehead atoms. The highest BCUT2D eigenvalue weighted by molar-refractivity contribution is 6.45. The van der Waals surface area contributed by atoms with Crippen LogP contribution >= 0.6 is 23.2 Å². The number of ether oxygens (including phenoxy) is 1. The summed E-state index contributed by atoms with van der Waals surface area (Å²) in [6.45, 7) is 7.73. The molecule has 0 unspecified atom stereocenters. The second-order valence-electron chi connectivity index (χ2n) is 6.04. The molecule has 148 valence electrons. The minimum Gasteiger partial charge on any atom is -0.495 e. The molecule has 0 saturated heterocycles. The van der Waals surface area contributed by atoms with Gasteiger partial charge in [0.25, 0.3) is 0 Å². The average Bonchev–Trinajstić information content (AvgIpc) is 3.19. The van der Waals surface area contributed by atoms with Crippen molar-refractivity contribution in [3.05, 3.63) is 51.9 Å². The lowest BCUT2D eigenvalue weighted by molar-refractivity contribution is 0.110. The molecule has 2 rings (SSSR count). The molecule has 0 aliphatic heterocycles. The van der Waals surface area contributed by atoms with Gasteiger partial charge >= 0.3 is 0 Å². The summed E-state index contributed by atoms with van der Waals surface area (Å²) in [6, 6.07) is 7.12. The maximum atomic E-state index is 6.44. The molecule has 7 heteroatoms. The van der Waals surface area contributed by atoms with Crippen molar-refractivity contribution in [1.82, 2.24) is 4.90 Å². The zero-order valence-corrected chi connectivity index (χ0v) is 17.5. The van der Waals surface area contributed by atoms with Crippen molar-refractivity contribution in [1.29, 1.82) is 0 Å². The number of rotatable bonds is 11. The first-order chi connectivity index (χ1) is 13.1. The van der Waals surface area contributed by atoms with Gasteiger partial charge in [-0.1, -0.05) is 42.2 Å². The fraction of sp³-hybridized carbons (Fsp3) is 0.450. The maximum Gasteiger partial charge on any atom is 0.156 e. The van der Waals surface area contributed by atoms with Crippen LogP contribution in [-0.2, 0) is 4.84 Å². The van der Waals surface area contributed by atoms with Gasteiger partial charge in [-0.15, -0.1) is 0 Å². The molecule has 0 amide bonds. The van der Waals surface area contributed by atoms with Crippen molar-refractivity contribution in [2.75, 3.05) is 33.4 Å². The third-order valence-electron chi connectivity index (χ3n) is 4.01. The summed E-state index contributed by atoms with van der Waals surface area (Å²) in [5.41, 5.74) is 1.11. The maximum absolute atomic E-state index is 6.44. The molecule has 0 atom stereocenters. The number of benzene rings is 1. The largest absolute Gasteiger partial charge is 0.495 e. The molecular weight excluding hydrogens is 387 g/mol. The molecule has 0 aliphatic rings. The highest BCUT2D eigenvalue weighted by atomic mass is 35.5. The summed E-state index contributed by atoms with van der Waals surface area (Å²) < 4.78 is 10.7. The first-order valence-electron chi connectivity index (χ1n) is 9.10. The van der Waals surface area contributed by atoms with E-state index in [4.69, 9.17) is 37.2 Å². The number of nitrogens with zero attached hydrogens (tertiary/aromatic N) is 2. The number of hydrogen-bond donors (Lipinski definition) is 0. The molecule has 5 nitrogen and oxygen atoms in total. The van der Waals surface area contributed by atoms with Gasteiger partial charge < -0.3 is 14.0 Å². The summed E-state index contributed by atoms with van der Waals surface area (Å²) >= 11 is 12.7. The van der Waals surface area contributed by atoms with Crippen LogP contribution in [0.3, 0.4) is 0 Å². The van der Waals surface area contributed by atoms with Crippen molar-refractivity contribution >= 4 is 28.9 Å².